The molecule has 0 unspecified atom stereocenters. The molecule has 0 fully saturated rings. The first-order valence-corrected chi connectivity index (χ1v) is 4.20. The van der Waals surface area contributed by atoms with Gasteiger partial charge in [-0.25, -0.2) is 0 Å². The summed E-state index contributed by atoms with van der Waals surface area (Å²) >= 11 is 5.93. The van der Waals surface area contributed by atoms with Crippen molar-refractivity contribution >= 4 is 11.6 Å². The van der Waals surface area contributed by atoms with Crippen LogP contribution >= 0.6 is 11.6 Å². The summed E-state index contributed by atoms with van der Waals surface area (Å²) in [5, 5.41) is 18.0. The summed E-state index contributed by atoms with van der Waals surface area (Å²) in [6.07, 6.45) is 0. The minimum Gasteiger partial charge on any atom is -0.395 e. The van der Waals surface area contributed by atoms with Gasteiger partial charge in [0.2, 0.25) is 0 Å². The predicted octanol–water partition coefficient (Wildman–Crippen LogP) is 2.15. The largest absolute Gasteiger partial charge is 0.395 e. The minimum absolute atomic E-state index is 0.0470. The Hall–Kier alpha value is -1.04. The van der Waals surface area contributed by atoms with Crippen LogP contribution in [0.25, 0.3) is 0 Å². The van der Waals surface area contributed by atoms with E-state index in [0.29, 0.717) is 10.6 Å². The summed E-state index contributed by atoms with van der Waals surface area (Å²) in [5.41, 5.74) is 1.18. The van der Waals surface area contributed by atoms with Gasteiger partial charge in [-0.3, -0.25) is 0 Å². The van der Waals surface area contributed by atoms with Gasteiger partial charge in [-0.1, -0.05) is 30.7 Å². The van der Waals surface area contributed by atoms with E-state index in [9.17, 15) is 0 Å². The van der Waals surface area contributed by atoms with Gasteiger partial charge in [-0.05, 0) is 11.6 Å². The van der Waals surface area contributed by atoms with E-state index in [1.165, 1.54) is 0 Å². The first-order chi connectivity index (χ1) is 6.20. The number of aliphatic hydroxyl groups excluding tert-OH is 1. The second-order valence-corrected chi connectivity index (χ2v) is 3.10. The van der Waals surface area contributed by atoms with E-state index >= 15 is 0 Å². The second kappa shape index (κ2) is 4.27. The lowest BCUT2D eigenvalue weighted by Crippen LogP contribution is -2.01. The molecule has 1 aromatic rings. The number of nitrogens with zero attached hydrogens (tertiary/aromatic N) is 1. The fraction of sp³-hybridized carbons (Fsp3) is 0.200. The Morgan fingerprint density at radius 1 is 1.62 bits per heavy atom. The van der Waals surface area contributed by atoms with Crippen molar-refractivity contribution in [3.8, 4) is 6.07 Å². The third-order valence-corrected chi connectivity index (χ3v) is 2.22. The van der Waals surface area contributed by atoms with E-state index < -0.39 is 0 Å². The highest BCUT2D eigenvalue weighted by molar-refractivity contribution is 6.32. The summed E-state index contributed by atoms with van der Waals surface area (Å²) < 4.78 is 0. The standard InChI is InChI=1S/C10H9ClNO/c1-7(6-13)9-4-2-3-8(5-12)10(9)11/h2-4,13H,6H2,1H3. The lowest BCUT2D eigenvalue weighted by atomic mass is 10.00. The van der Waals surface area contributed by atoms with Crippen molar-refractivity contribution in [1.29, 1.82) is 5.26 Å². The molecule has 1 rings (SSSR count). The molecule has 0 aliphatic carbocycles. The molecule has 1 N–H and O–H groups in total. The number of hydrogen-bond donors (Lipinski definition) is 1. The first kappa shape index (κ1) is 10.0. The van der Waals surface area contributed by atoms with Crippen LogP contribution in [-0.2, 0) is 0 Å². The summed E-state index contributed by atoms with van der Waals surface area (Å²) in [4.78, 5) is 0. The monoisotopic (exact) mass is 194 g/mol. The number of halogens is 1. The van der Waals surface area contributed by atoms with E-state index in [2.05, 4.69) is 0 Å². The Bertz CT molecular complexity index is 343. The molecule has 1 aromatic carbocycles. The van der Waals surface area contributed by atoms with Crippen molar-refractivity contribution in [2.24, 2.45) is 0 Å². The van der Waals surface area contributed by atoms with Gasteiger partial charge in [0, 0.05) is 5.92 Å². The SMILES string of the molecule is C[C](CO)c1cccc(C#N)c1Cl. The second-order valence-electron chi connectivity index (χ2n) is 2.72. The maximum absolute atomic E-state index is 8.90. The van der Waals surface area contributed by atoms with Gasteiger partial charge in [0.15, 0.2) is 0 Å². The van der Waals surface area contributed by atoms with E-state index in [1.54, 1.807) is 25.1 Å². The Labute approximate surface area is 82.4 Å². The van der Waals surface area contributed by atoms with Crippen LogP contribution < -0.4 is 0 Å². The maximum Gasteiger partial charge on any atom is 0.101 e. The molecule has 13 heavy (non-hydrogen) atoms. The van der Waals surface area contributed by atoms with Gasteiger partial charge >= 0.3 is 0 Å². The fourth-order valence-electron chi connectivity index (χ4n) is 1.03. The highest BCUT2D eigenvalue weighted by Gasteiger charge is 2.11. The molecule has 2 nitrogen and oxygen atoms in total. The average Bonchev–Trinajstić information content (AvgIpc) is 2.17. The van der Waals surface area contributed by atoms with Crippen molar-refractivity contribution in [2.75, 3.05) is 6.61 Å². The smallest absolute Gasteiger partial charge is 0.101 e. The van der Waals surface area contributed by atoms with Crippen LogP contribution in [0.3, 0.4) is 0 Å². The van der Waals surface area contributed by atoms with Crippen LogP contribution in [0, 0.1) is 17.2 Å². The maximum atomic E-state index is 8.90. The van der Waals surface area contributed by atoms with Crippen molar-refractivity contribution in [1.82, 2.24) is 0 Å². The van der Waals surface area contributed by atoms with Crippen molar-refractivity contribution in [3.05, 3.63) is 40.3 Å². The number of aliphatic hydroxyl groups is 1. The highest BCUT2D eigenvalue weighted by Crippen LogP contribution is 2.26. The van der Waals surface area contributed by atoms with Gasteiger partial charge < -0.3 is 5.11 Å². The molecule has 0 saturated carbocycles. The first-order valence-electron chi connectivity index (χ1n) is 3.83. The van der Waals surface area contributed by atoms with Gasteiger partial charge in [0.05, 0.1) is 17.2 Å². The van der Waals surface area contributed by atoms with Crippen LogP contribution in [0.15, 0.2) is 18.2 Å². The van der Waals surface area contributed by atoms with E-state index in [-0.39, 0.29) is 6.61 Å². The number of hydrogen-bond acceptors (Lipinski definition) is 2. The molecular weight excluding hydrogens is 186 g/mol. The number of rotatable bonds is 2. The van der Waals surface area contributed by atoms with Crippen molar-refractivity contribution in [3.63, 3.8) is 0 Å². The summed E-state index contributed by atoms with van der Waals surface area (Å²) in [6.45, 7) is 1.73. The minimum atomic E-state index is -0.0470. The number of benzene rings is 1. The quantitative estimate of drug-likeness (QED) is 0.784. The Balaban J connectivity index is 3.17. The zero-order chi connectivity index (χ0) is 9.84. The molecule has 0 aliphatic rings. The average molecular weight is 195 g/mol. The van der Waals surface area contributed by atoms with Crippen molar-refractivity contribution in [2.45, 2.75) is 6.92 Å². The highest BCUT2D eigenvalue weighted by atomic mass is 35.5. The fourth-order valence-corrected chi connectivity index (χ4v) is 1.36. The molecular formula is C10H9ClNO. The molecule has 0 heterocycles. The van der Waals surface area contributed by atoms with Crippen LogP contribution in [-0.4, -0.2) is 11.7 Å². The van der Waals surface area contributed by atoms with Crippen molar-refractivity contribution < 1.29 is 5.11 Å². The van der Waals surface area contributed by atoms with E-state index in [1.807, 2.05) is 6.07 Å². The van der Waals surface area contributed by atoms with Crippen LogP contribution in [0.4, 0.5) is 0 Å². The molecule has 0 amide bonds. The molecule has 3 heteroatoms. The third kappa shape index (κ3) is 2.00. The number of nitriles is 1. The molecule has 0 bridgehead atoms. The van der Waals surface area contributed by atoms with Gasteiger partial charge in [-0.2, -0.15) is 5.26 Å². The summed E-state index contributed by atoms with van der Waals surface area (Å²) in [6, 6.07) is 7.17. The van der Waals surface area contributed by atoms with E-state index in [0.717, 1.165) is 11.5 Å². The molecule has 1 radical (unpaired) electrons. The van der Waals surface area contributed by atoms with Crippen LogP contribution in [0.1, 0.15) is 18.1 Å². The normalized spacial score (nSPS) is 10.1. The topological polar surface area (TPSA) is 44.0 Å². The molecule has 0 atom stereocenters. The predicted molar refractivity (Wildman–Crippen MR) is 51.3 cm³/mol. The zero-order valence-corrected chi connectivity index (χ0v) is 7.97. The molecule has 0 aromatic heterocycles. The summed E-state index contributed by atoms with van der Waals surface area (Å²) in [7, 11) is 0. The zero-order valence-electron chi connectivity index (χ0n) is 7.21. The molecule has 0 saturated heterocycles. The van der Waals surface area contributed by atoms with Gasteiger partial charge in [0.1, 0.15) is 6.07 Å². The van der Waals surface area contributed by atoms with Gasteiger partial charge in [0.25, 0.3) is 0 Å². The van der Waals surface area contributed by atoms with Gasteiger partial charge in [-0.15, -0.1) is 0 Å². The Kier molecular flexibility index (Phi) is 3.30. The molecule has 0 aliphatic heterocycles. The molecule has 0 spiro atoms. The van der Waals surface area contributed by atoms with E-state index in [4.69, 9.17) is 22.0 Å². The third-order valence-electron chi connectivity index (χ3n) is 1.82. The lowest BCUT2D eigenvalue weighted by Gasteiger charge is -2.09. The Morgan fingerprint density at radius 2 is 2.31 bits per heavy atom. The van der Waals surface area contributed by atoms with Crippen LogP contribution in [0.2, 0.25) is 5.02 Å². The Morgan fingerprint density at radius 3 is 2.85 bits per heavy atom. The lowest BCUT2D eigenvalue weighted by molar-refractivity contribution is 0.315. The summed E-state index contributed by atoms with van der Waals surface area (Å²) in [5.74, 6) is 0.766. The van der Waals surface area contributed by atoms with Crippen LogP contribution in [0.5, 0.6) is 0 Å². The molecule has 67 valence electrons.